The van der Waals surface area contributed by atoms with Gasteiger partial charge in [0.25, 0.3) is 0 Å². The average Bonchev–Trinajstić information content (AvgIpc) is 2.92. The van der Waals surface area contributed by atoms with E-state index in [0.29, 0.717) is 6.42 Å². The second kappa shape index (κ2) is 17.8. The summed E-state index contributed by atoms with van der Waals surface area (Å²) in [4.78, 5) is 38.6. The topological polar surface area (TPSA) is 101 Å². The van der Waals surface area contributed by atoms with Crippen molar-refractivity contribution in [1.82, 2.24) is 0 Å². The van der Waals surface area contributed by atoms with E-state index < -0.39 is 29.4 Å². The molecule has 0 unspecified atom stereocenters. The number of carbonyl (C=O) groups excluding carboxylic acids is 3. The largest absolute Gasteiger partial charge is 0.507 e. The molecule has 40 heavy (non-hydrogen) atoms. The zero-order valence-corrected chi connectivity index (χ0v) is 24.2. The molecule has 1 aliphatic rings. The summed E-state index contributed by atoms with van der Waals surface area (Å²) in [5.41, 5.74) is 0.486. The molecule has 0 saturated carbocycles. The third-order valence-electron chi connectivity index (χ3n) is 6.58. The minimum atomic E-state index is -0.955. The average molecular weight is 549 g/mol. The van der Waals surface area contributed by atoms with E-state index >= 15 is 0 Å². The summed E-state index contributed by atoms with van der Waals surface area (Å²) in [5, 5.41) is 20.3. The van der Waals surface area contributed by atoms with Crippen LogP contribution in [-0.2, 0) is 9.53 Å². The molecule has 0 aromatic heterocycles. The molecule has 216 valence electrons. The molecular formula is C34H44O6. The highest BCUT2D eigenvalue weighted by Crippen LogP contribution is 2.36. The summed E-state index contributed by atoms with van der Waals surface area (Å²) >= 11 is 0. The van der Waals surface area contributed by atoms with Gasteiger partial charge in [0.15, 0.2) is 11.6 Å². The van der Waals surface area contributed by atoms with Gasteiger partial charge in [0.2, 0.25) is 0 Å². The Balaban J connectivity index is 1.79. The fourth-order valence-electron chi connectivity index (χ4n) is 4.41. The smallest absolute Gasteiger partial charge is 0.306 e. The van der Waals surface area contributed by atoms with Gasteiger partial charge in [-0.05, 0) is 70.6 Å². The quantitative estimate of drug-likeness (QED) is 0.0879. The lowest BCUT2D eigenvalue weighted by Crippen LogP contribution is -2.29. The van der Waals surface area contributed by atoms with Crippen molar-refractivity contribution in [2.75, 3.05) is 0 Å². The van der Waals surface area contributed by atoms with Crippen LogP contribution in [0, 0.1) is 0 Å². The van der Waals surface area contributed by atoms with Gasteiger partial charge >= 0.3 is 5.97 Å². The number of fused-ring (bicyclic) bond motifs is 1. The first-order chi connectivity index (χ1) is 19.3. The van der Waals surface area contributed by atoms with E-state index in [9.17, 15) is 24.6 Å². The van der Waals surface area contributed by atoms with Gasteiger partial charge < -0.3 is 14.9 Å². The van der Waals surface area contributed by atoms with Crippen LogP contribution < -0.4 is 0 Å². The molecule has 0 heterocycles. The van der Waals surface area contributed by atoms with Crippen molar-refractivity contribution in [2.24, 2.45) is 0 Å². The Labute approximate surface area is 238 Å². The van der Waals surface area contributed by atoms with Crippen molar-refractivity contribution >= 4 is 17.5 Å². The fourth-order valence-corrected chi connectivity index (χ4v) is 4.41. The number of ketones is 2. The highest BCUT2D eigenvalue weighted by molar-refractivity contribution is 6.27. The first-order valence-corrected chi connectivity index (χ1v) is 14.4. The molecular weight excluding hydrogens is 504 g/mol. The van der Waals surface area contributed by atoms with Crippen molar-refractivity contribution < 1.29 is 29.3 Å². The number of unbranched alkanes of at least 4 members (excludes halogenated alkanes) is 5. The van der Waals surface area contributed by atoms with Crippen molar-refractivity contribution in [3.63, 3.8) is 0 Å². The van der Waals surface area contributed by atoms with Crippen LogP contribution >= 0.6 is 0 Å². The lowest BCUT2D eigenvalue weighted by atomic mass is 9.85. The number of phenols is 2. The summed E-state index contributed by atoms with van der Waals surface area (Å²) in [6.45, 7) is 5.91. The van der Waals surface area contributed by atoms with Crippen LogP contribution in [0.3, 0.4) is 0 Å². The van der Waals surface area contributed by atoms with E-state index in [1.807, 2.05) is 19.9 Å². The fraction of sp³-hybridized carbons (Fsp3) is 0.441. The molecule has 0 spiro atoms. The molecule has 1 aliphatic carbocycles. The van der Waals surface area contributed by atoms with E-state index in [4.69, 9.17) is 4.74 Å². The van der Waals surface area contributed by atoms with E-state index in [1.165, 1.54) is 12.1 Å². The van der Waals surface area contributed by atoms with Gasteiger partial charge in [-0.25, -0.2) is 0 Å². The normalized spacial score (nSPS) is 14.1. The molecule has 1 aromatic carbocycles. The maximum Gasteiger partial charge on any atom is 0.306 e. The summed E-state index contributed by atoms with van der Waals surface area (Å²) in [7, 11) is 0. The number of hydrogen-bond acceptors (Lipinski definition) is 6. The Hall–Kier alpha value is -3.67. The van der Waals surface area contributed by atoms with E-state index in [0.717, 1.165) is 63.0 Å². The Bertz CT molecular complexity index is 1160. The van der Waals surface area contributed by atoms with Gasteiger partial charge in [-0.2, -0.15) is 0 Å². The monoisotopic (exact) mass is 548 g/mol. The van der Waals surface area contributed by atoms with Gasteiger partial charge in [-0.15, -0.1) is 0 Å². The van der Waals surface area contributed by atoms with Gasteiger partial charge in [0.05, 0.1) is 11.1 Å². The molecule has 6 nitrogen and oxygen atoms in total. The van der Waals surface area contributed by atoms with Gasteiger partial charge in [-0.1, -0.05) is 74.3 Å². The lowest BCUT2D eigenvalue weighted by Gasteiger charge is -2.23. The molecule has 0 saturated heterocycles. The number of allylic oxidation sites excluding steroid dienone is 8. The molecule has 1 aromatic rings. The van der Waals surface area contributed by atoms with E-state index in [-0.39, 0.29) is 35.3 Å². The highest BCUT2D eigenvalue weighted by atomic mass is 16.5. The first-order valence-electron chi connectivity index (χ1n) is 14.4. The SMILES string of the molecule is CC/C=C/C/C=C/C/C=C/CCCCCCCC(=O)O[C@H](CC=C(C)C)C1=CC(=O)c2c(O)ccc(O)c2C1=O. The third kappa shape index (κ3) is 10.8. The lowest BCUT2D eigenvalue weighted by molar-refractivity contribution is -0.147. The van der Waals surface area contributed by atoms with Crippen LogP contribution in [0.2, 0.25) is 0 Å². The molecule has 0 bridgehead atoms. The van der Waals surface area contributed by atoms with Gasteiger partial charge in [-0.3, -0.25) is 14.4 Å². The van der Waals surface area contributed by atoms with Crippen LogP contribution in [0.15, 0.2) is 71.9 Å². The molecule has 0 aliphatic heterocycles. The predicted molar refractivity (Wildman–Crippen MR) is 160 cm³/mol. The summed E-state index contributed by atoms with van der Waals surface area (Å²) in [5.74, 6) is -2.44. The number of carbonyl (C=O) groups is 3. The summed E-state index contributed by atoms with van der Waals surface area (Å²) < 4.78 is 5.68. The molecule has 6 heteroatoms. The number of ether oxygens (including phenoxy) is 1. The summed E-state index contributed by atoms with van der Waals surface area (Å²) in [6.07, 6.45) is 24.5. The molecule has 0 radical (unpaired) electrons. The van der Waals surface area contributed by atoms with Crippen molar-refractivity contribution in [3.05, 3.63) is 83.0 Å². The second-order valence-corrected chi connectivity index (χ2v) is 10.2. The molecule has 2 rings (SSSR count). The van der Waals surface area contributed by atoms with E-state index in [2.05, 4.69) is 43.4 Å². The van der Waals surface area contributed by atoms with Gasteiger partial charge in [0, 0.05) is 18.4 Å². The minimum absolute atomic E-state index is 0.00104. The number of benzene rings is 1. The van der Waals surface area contributed by atoms with Crippen molar-refractivity contribution in [3.8, 4) is 11.5 Å². The number of Topliss-reactive ketones (excluding diaryl/α,β-unsaturated/α-hetero) is 1. The number of phenolic OH excluding ortho intramolecular Hbond substituents is 2. The van der Waals surface area contributed by atoms with Crippen LogP contribution in [0.25, 0.3) is 0 Å². The van der Waals surface area contributed by atoms with E-state index in [1.54, 1.807) is 0 Å². The Morgan fingerprint density at radius 3 is 2.12 bits per heavy atom. The van der Waals surface area contributed by atoms with Crippen molar-refractivity contribution in [1.29, 1.82) is 0 Å². The number of aromatic hydroxyl groups is 2. The first kappa shape index (κ1) is 32.5. The Morgan fingerprint density at radius 1 is 0.850 bits per heavy atom. The predicted octanol–water partition coefficient (Wildman–Crippen LogP) is 8.26. The van der Waals surface area contributed by atoms with Gasteiger partial charge in [0.1, 0.15) is 17.6 Å². The second-order valence-electron chi connectivity index (χ2n) is 10.2. The summed E-state index contributed by atoms with van der Waals surface area (Å²) in [6, 6.07) is 2.34. The zero-order valence-electron chi connectivity index (χ0n) is 24.2. The molecule has 0 fully saturated rings. The molecule has 2 N–H and O–H groups in total. The Kier molecular flexibility index (Phi) is 14.5. The standard InChI is InChI=1S/C34H44O6/c1-4-5-6-7-8-9-10-11-12-13-14-15-16-17-18-19-31(38)40-30(23-20-25(2)3)26-24-29(37)32-27(35)21-22-28(36)33(32)34(26)39/h5-6,8-9,11-12,20-22,24,30,35-36H,4,7,10,13-19,23H2,1-3H3/b6-5+,9-8+,12-11+/t30-/m1/s1. The highest BCUT2D eigenvalue weighted by Gasteiger charge is 2.35. The number of rotatable bonds is 17. The maximum atomic E-state index is 13.2. The van der Waals surface area contributed by atoms with Crippen LogP contribution in [-0.4, -0.2) is 33.9 Å². The minimum Gasteiger partial charge on any atom is -0.507 e. The van der Waals surface area contributed by atoms with Crippen LogP contribution in [0.5, 0.6) is 11.5 Å². The number of esters is 1. The number of hydrogen-bond donors (Lipinski definition) is 2. The zero-order chi connectivity index (χ0) is 29.3. The third-order valence-corrected chi connectivity index (χ3v) is 6.58. The Morgan fingerprint density at radius 2 is 1.45 bits per heavy atom. The van der Waals surface area contributed by atoms with Crippen LogP contribution in [0.4, 0.5) is 0 Å². The molecule has 1 atom stereocenters. The van der Waals surface area contributed by atoms with Crippen LogP contribution in [0.1, 0.15) is 112 Å². The maximum absolute atomic E-state index is 13.2. The molecule has 0 amide bonds. The van der Waals surface area contributed by atoms with Crippen molar-refractivity contribution in [2.45, 2.75) is 97.5 Å².